The monoisotopic (exact) mass is 611 g/mol. The Balaban J connectivity index is 3.40. The molecule has 1 N–H and O–H groups in total. The fourth-order valence-electron chi connectivity index (χ4n) is 5.54. The van der Waals surface area contributed by atoms with Crippen molar-refractivity contribution in [3.05, 3.63) is 0 Å². The van der Waals surface area contributed by atoms with Gasteiger partial charge in [0.25, 0.3) is 0 Å². The van der Waals surface area contributed by atoms with Crippen LogP contribution in [0.25, 0.3) is 0 Å². The van der Waals surface area contributed by atoms with Crippen LogP contribution in [0.3, 0.4) is 0 Å². The highest BCUT2D eigenvalue weighted by Gasteiger charge is 2.12. The highest BCUT2D eigenvalue weighted by Crippen LogP contribution is 2.16. The number of aliphatic hydroxyl groups excluding tert-OH is 1. The van der Waals surface area contributed by atoms with Gasteiger partial charge in [0.1, 0.15) is 19.3 Å². The second-order valence-corrected chi connectivity index (χ2v) is 13.8. The second kappa shape index (κ2) is 32.3. The molecule has 0 radical (unpaired) electrons. The Morgan fingerprint density at radius 2 is 0.791 bits per heavy atom. The van der Waals surface area contributed by atoms with Crippen molar-refractivity contribution in [2.45, 2.75) is 207 Å². The highest BCUT2D eigenvalue weighted by atomic mass is 16.6. The molecule has 0 saturated heterocycles. The Kier molecular flexibility index (Phi) is 31.5. The Hall–Kier alpha value is -1.10. The molecule has 5 nitrogen and oxygen atoms in total. The fraction of sp³-hybridized carbons (Fsp3) is 0.947. The van der Waals surface area contributed by atoms with Crippen molar-refractivity contribution in [3.63, 3.8) is 0 Å². The number of aliphatic hydroxyl groups is 1. The number of esters is 2. The van der Waals surface area contributed by atoms with Crippen LogP contribution < -0.4 is 0 Å². The third-order valence-corrected chi connectivity index (χ3v) is 8.81. The maximum absolute atomic E-state index is 11.9. The van der Waals surface area contributed by atoms with Crippen molar-refractivity contribution in [1.29, 1.82) is 0 Å². The van der Waals surface area contributed by atoms with Crippen LogP contribution in [0.15, 0.2) is 0 Å². The highest BCUT2D eigenvalue weighted by molar-refractivity contribution is 5.69. The quantitative estimate of drug-likeness (QED) is 0.0591. The summed E-state index contributed by atoms with van der Waals surface area (Å²) < 4.78 is 10.3. The predicted molar refractivity (Wildman–Crippen MR) is 182 cm³/mol. The number of rotatable bonds is 33. The van der Waals surface area contributed by atoms with Crippen molar-refractivity contribution >= 4 is 11.9 Å². The summed E-state index contributed by atoms with van der Waals surface area (Å²) in [6.45, 7) is 9.01. The van der Waals surface area contributed by atoms with Crippen LogP contribution in [-0.2, 0) is 19.1 Å². The number of unbranched alkanes of at least 4 members (excludes halogenated alkanes) is 20. The third-order valence-electron chi connectivity index (χ3n) is 8.81. The average molecular weight is 611 g/mol. The molecule has 0 fully saturated rings. The minimum absolute atomic E-state index is 0.110. The van der Waals surface area contributed by atoms with E-state index in [0.717, 1.165) is 43.9 Å². The van der Waals surface area contributed by atoms with Gasteiger partial charge in [0.2, 0.25) is 0 Å². The first-order valence-corrected chi connectivity index (χ1v) is 18.8. The molecule has 0 spiro atoms. The summed E-state index contributed by atoms with van der Waals surface area (Å²) in [5.41, 5.74) is 0. The lowest BCUT2D eigenvalue weighted by atomic mass is 9.99. The SMILES string of the molecule is CCC(C)CCCCCCCCCCC(=O)OC[C@H](O)COC(=O)CCCCCCCCCCCCCCCCC(C)C. The van der Waals surface area contributed by atoms with Gasteiger partial charge >= 0.3 is 11.9 Å². The first kappa shape index (κ1) is 41.9. The van der Waals surface area contributed by atoms with Crippen LogP contribution in [-0.4, -0.2) is 36.4 Å². The Bertz CT molecular complexity index is 605. The molecule has 256 valence electrons. The molecule has 43 heavy (non-hydrogen) atoms. The van der Waals surface area contributed by atoms with Crippen LogP contribution in [0.5, 0.6) is 0 Å². The molecule has 0 aromatic rings. The number of carbonyl (C=O) groups is 2. The summed E-state index contributed by atoms with van der Waals surface area (Å²) in [6.07, 6.45) is 31.5. The summed E-state index contributed by atoms with van der Waals surface area (Å²) in [6, 6.07) is 0. The van der Waals surface area contributed by atoms with E-state index in [-0.39, 0.29) is 25.2 Å². The van der Waals surface area contributed by atoms with Gasteiger partial charge in [-0.15, -0.1) is 0 Å². The predicted octanol–water partition coefficient (Wildman–Crippen LogP) is 11.3. The number of carbonyl (C=O) groups excluding carboxylic acids is 2. The summed E-state index contributed by atoms with van der Waals surface area (Å²) >= 11 is 0. The van der Waals surface area contributed by atoms with E-state index in [9.17, 15) is 14.7 Å². The van der Waals surface area contributed by atoms with Gasteiger partial charge in [-0.3, -0.25) is 9.59 Å². The first-order chi connectivity index (χ1) is 20.8. The van der Waals surface area contributed by atoms with Crippen molar-refractivity contribution < 1.29 is 24.2 Å². The molecule has 1 unspecified atom stereocenters. The molecule has 0 aliphatic rings. The second-order valence-electron chi connectivity index (χ2n) is 13.8. The summed E-state index contributed by atoms with van der Waals surface area (Å²) in [5, 5.41) is 9.99. The smallest absolute Gasteiger partial charge is 0.305 e. The van der Waals surface area contributed by atoms with Gasteiger partial charge in [-0.2, -0.15) is 0 Å². The lowest BCUT2D eigenvalue weighted by Crippen LogP contribution is -2.25. The standard InChI is InChI=1S/C38H74O5/c1-5-35(4)29-25-21-17-14-15-19-23-27-31-38(41)43-33-36(39)32-42-37(40)30-26-22-18-13-11-9-7-6-8-10-12-16-20-24-28-34(2)3/h34-36,39H,5-33H2,1-4H3/t35?,36-/m1/s1. The van der Waals surface area contributed by atoms with Crippen molar-refractivity contribution in [2.24, 2.45) is 11.8 Å². The van der Waals surface area contributed by atoms with E-state index >= 15 is 0 Å². The largest absolute Gasteiger partial charge is 0.463 e. The van der Waals surface area contributed by atoms with Crippen LogP contribution in [0.1, 0.15) is 201 Å². The molecule has 0 rings (SSSR count). The topological polar surface area (TPSA) is 72.8 Å². The van der Waals surface area contributed by atoms with Crippen LogP contribution >= 0.6 is 0 Å². The molecule has 0 heterocycles. The molecule has 0 aromatic carbocycles. The molecule has 0 aliphatic heterocycles. The molecule has 0 amide bonds. The van der Waals surface area contributed by atoms with Gasteiger partial charge in [0.15, 0.2) is 0 Å². The van der Waals surface area contributed by atoms with E-state index in [1.165, 1.54) is 128 Å². The minimum atomic E-state index is -0.956. The van der Waals surface area contributed by atoms with Crippen molar-refractivity contribution in [2.75, 3.05) is 13.2 Å². The third kappa shape index (κ3) is 33.6. The lowest BCUT2D eigenvalue weighted by Gasteiger charge is -2.12. The van der Waals surface area contributed by atoms with E-state index in [4.69, 9.17) is 9.47 Å². The van der Waals surface area contributed by atoms with Crippen molar-refractivity contribution in [3.8, 4) is 0 Å². The summed E-state index contributed by atoms with van der Waals surface area (Å²) in [4.78, 5) is 23.9. The van der Waals surface area contributed by atoms with Crippen LogP contribution in [0.2, 0.25) is 0 Å². The molecule has 0 bridgehead atoms. The molecule has 0 aliphatic carbocycles. The molecular formula is C38H74O5. The number of hydrogen-bond acceptors (Lipinski definition) is 5. The molecule has 5 heteroatoms. The van der Waals surface area contributed by atoms with E-state index in [0.29, 0.717) is 12.8 Å². The molecular weight excluding hydrogens is 536 g/mol. The number of ether oxygens (including phenoxy) is 2. The Labute approximate surface area is 268 Å². The van der Waals surface area contributed by atoms with Gasteiger partial charge in [-0.25, -0.2) is 0 Å². The van der Waals surface area contributed by atoms with Gasteiger partial charge in [0, 0.05) is 12.8 Å². The molecule has 0 aromatic heterocycles. The van der Waals surface area contributed by atoms with Crippen molar-refractivity contribution in [1.82, 2.24) is 0 Å². The minimum Gasteiger partial charge on any atom is -0.463 e. The van der Waals surface area contributed by atoms with E-state index in [1.54, 1.807) is 0 Å². The Morgan fingerprint density at radius 3 is 1.12 bits per heavy atom. The van der Waals surface area contributed by atoms with Gasteiger partial charge < -0.3 is 14.6 Å². The van der Waals surface area contributed by atoms with Crippen LogP contribution in [0, 0.1) is 11.8 Å². The van der Waals surface area contributed by atoms with Gasteiger partial charge in [-0.1, -0.05) is 175 Å². The average Bonchev–Trinajstić information content (AvgIpc) is 2.99. The van der Waals surface area contributed by atoms with Crippen LogP contribution in [0.4, 0.5) is 0 Å². The van der Waals surface area contributed by atoms with E-state index in [2.05, 4.69) is 27.7 Å². The fourth-order valence-corrected chi connectivity index (χ4v) is 5.54. The molecule has 2 atom stereocenters. The summed E-state index contributed by atoms with van der Waals surface area (Å²) in [5.74, 6) is 1.16. The van der Waals surface area contributed by atoms with Gasteiger partial charge in [-0.05, 0) is 24.7 Å². The molecule has 0 saturated carbocycles. The van der Waals surface area contributed by atoms with E-state index < -0.39 is 6.10 Å². The normalized spacial score (nSPS) is 12.9. The maximum atomic E-state index is 11.9. The first-order valence-electron chi connectivity index (χ1n) is 18.8. The maximum Gasteiger partial charge on any atom is 0.305 e. The lowest BCUT2D eigenvalue weighted by molar-refractivity contribution is -0.152. The van der Waals surface area contributed by atoms with Gasteiger partial charge in [0.05, 0.1) is 0 Å². The zero-order valence-corrected chi connectivity index (χ0v) is 29.3. The number of hydrogen-bond donors (Lipinski definition) is 1. The summed E-state index contributed by atoms with van der Waals surface area (Å²) in [7, 11) is 0. The Morgan fingerprint density at radius 1 is 0.488 bits per heavy atom. The zero-order valence-electron chi connectivity index (χ0n) is 29.3. The van der Waals surface area contributed by atoms with E-state index in [1.807, 2.05) is 0 Å². The zero-order chi connectivity index (χ0) is 31.8.